The molecule has 98 valence electrons. The molecule has 3 heteroatoms. The Morgan fingerprint density at radius 2 is 1.21 bits per heavy atom. The van der Waals surface area contributed by atoms with Gasteiger partial charge in [0.15, 0.2) is 0 Å². The Morgan fingerprint density at radius 3 is 1.68 bits per heavy atom. The summed E-state index contributed by atoms with van der Waals surface area (Å²) in [4.78, 5) is 0. The van der Waals surface area contributed by atoms with Gasteiger partial charge in [0.05, 0.1) is 10.0 Å². The first-order valence-electron chi connectivity index (χ1n) is 5.53. The van der Waals surface area contributed by atoms with E-state index in [2.05, 4.69) is 13.2 Å². The standard InChI is InChI=1S/C8H6Cl2.C8H7Cl/c1-2-6-4-3-5-7(9)8(6)10;1-2-7-5-3-4-6-8(7)9/h2-5H,1H2;2-6H,1H2. The molecule has 0 saturated carbocycles. The Kier molecular flexibility index (Phi) is 6.72. The number of hydrogen-bond donors (Lipinski definition) is 0. The highest BCUT2D eigenvalue weighted by molar-refractivity contribution is 6.42. The van der Waals surface area contributed by atoms with Gasteiger partial charge in [-0.3, -0.25) is 0 Å². The van der Waals surface area contributed by atoms with Crippen LogP contribution in [-0.2, 0) is 0 Å². The van der Waals surface area contributed by atoms with E-state index in [1.165, 1.54) is 0 Å². The van der Waals surface area contributed by atoms with Crippen LogP contribution in [0.1, 0.15) is 11.1 Å². The maximum atomic E-state index is 5.79. The predicted molar refractivity (Wildman–Crippen MR) is 88.1 cm³/mol. The Hall–Kier alpha value is -1.21. The van der Waals surface area contributed by atoms with Crippen molar-refractivity contribution in [1.82, 2.24) is 0 Å². The molecule has 0 aromatic heterocycles. The van der Waals surface area contributed by atoms with Crippen molar-refractivity contribution >= 4 is 47.0 Å². The number of benzene rings is 2. The molecule has 19 heavy (non-hydrogen) atoms. The monoisotopic (exact) mass is 310 g/mol. The normalized spacial score (nSPS) is 9.21. The van der Waals surface area contributed by atoms with Crippen LogP contribution in [0, 0.1) is 0 Å². The lowest BCUT2D eigenvalue weighted by atomic mass is 10.2. The van der Waals surface area contributed by atoms with Gasteiger partial charge in [-0.15, -0.1) is 0 Å². The Morgan fingerprint density at radius 1 is 0.684 bits per heavy atom. The van der Waals surface area contributed by atoms with E-state index in [4.69, 9.17) is 34.8 Å². The highest BCUT2D eigenvalue weighted by Crippen LogP contribution is 2.25. The SMILES string of the molecule is C=Cc1cccc(Cl)c1Cl.C=Cc1ccccc1Cl. The molecule has 2 rings (SSSR count). The van der Waals surface area contributed by atoms with E-state index < -0.39 is 0 Å². The van der Waals surface area contributed by atoms with Gasteiger partial charge in [-0.2, -0.15) is 0 Å². The second-order valence-corrected chi connectivity index (χ2v) is 4.77. The van der Waals surface area contributed by atoms with Crippen molar-refractivity contribution in [2.24, 2.45) is 0 Å². The minimum atomic E-state index is 0.569. The fraction of sp³-hybridized carbons (Fsp3) is 0. The molecule has 0 bridgehead atoms. The van der Waals surface area contributed by atoms with Gasteiger partial charge >= 0.3 is 0 Å². The zero-order valence-corrected chi connectivity index (χ0v) is 12.5. The maximum absolute atomic E-state index is 5.79. The third-order valence-electron chi connectivity index (χ3n) is 2.33. The van der Waals surface area contributed by atoms with Crippen molar-refractivity contribution in [3.63, 3.8) is 0 Å². The van der Waals surface area contributed by atoms with Gasteiger partial charge in [0.2, 0.25) is 0 Å². The van der Waals surface area contributed by atoms with Crippen molar-refractivity contribution in [1.29, 1.82) is 0 Å². The molecule has 0 atom stereocenters. The summed E-state index contributed by atoms with van der Waals surface area (Å²) in [5, 5.41) is 1.89. The van der Waals surface area contributed by atoms with Gasteiger partial charge in [0, 0.05) is 5.02 Å². The molecule has 0 aliphatic rings. The molecule has 0 spiro atoms. The molecular formula is C16H13Cl3. The molecule has 0 nitrogen and oxygen atoms in total. The lowest BCUT2D eigenvalue weighted by Crippen LogP contribution is -1.73. The maximum Gasteiger partial charge on any atom is 0.0664 e. The second-order valence-electron chi connectivity index (χ2n) is 3.57. The van der Waals surface area contributed by atoms with Crippen LogP contribution in [0.2, 0.25) is 15.1 Å². The third-order valence-corrected chi connectivity index (χ3v) is 3.50. The molecule has 0 aliphatic carbocycles. The topological polar surface area (TPSA) is 0 Å². The van der Waals surface area contributed by atoms with Crippen LogP contribution in [0.4, 0.5) is 0 Å². The third kappa shape index (κ3) is 4.76. The average molecular weight is 312 g/mol. The van der Waals surface area contributed by atoms with Crippen LogP contribution in [-0.4, -0.2) is 0 Å². The van der Waals surface area contributed by atoms with Crippen LogP contribution in [0.3, 0.4) is 0 Å². The predicted octanol–water partition coefficient (Wildman–Crippen LogP) is 6.62. The molecule has 0 N–H and O–H groups in total. The van der Waals surface area contributed by atoms with Crippen LogP contribution >= 0.6 is 34.8 Å². The van der Waals surface area contributed by atoms with Crippen molar-refractivity contribution in [3.8, 4) is 0 Å². The van der Waals surface area contributed by atoms with Gasteiger partial charge in [0.1, 0.15) is 0 Å². The highest BCUT2D eigenvalue weighted by atomic mass is 35.5. The Bertz CT molecular complexity index is 574. The van der Waals surface area contributed by atoms with Crippen LogP contribution in [0.25, 0.3) is 12.2 Å². The van der Waals surface area contributed by atoms with Crippen molar-refractivity contribution in [2.45, 2.75) is 0 Å². The summed E-state index contributed by atoms with van der Waals surface area (Å²) in [7, 11) is 0. The molecule has 0 fully saturated rings. The molecule has 0 saturated heterocycles. The molecule has 2 aromatic carbocycles. The fourth-order valence-corrected chi connectivity index (χ4v) is 1.92. The summed E-state index contributed by atoms with van der Waals surface area (Å²) in [5.74, 6) is 0. The summed E-state index contributed by atoms with van der Waals surface area (Å²) < 4.78 is 0. The first-order chi connectivity index (χ1) is 9.10. The molecule has 0 aliphatic heterocycles. The van der Waals surface area contributed by atoms with Crippen molar-refractivity contribution in [2.75, 3.05) is 0 Å². The average Bonchev–Trinajstić information content (AvgIpc) is 2.43. The second kappa shape index (κ2) is 8.06. The summed E-state index contributed by atoms with van der Waals surface area (Å²) in [5.41, 5.74) is 1.85. The summed E-state index contributed by atoms with van der Waals surface area (Å²) in [6.45, 7) is 7.20. The first kappa shape index (κ1) is 15.8. The summed E-state index contributed by atoms with van der Waals surface area (Å²) in [6, 6.07) is 13.1. The lowest BCUT2D eigenvalue weighted by molar-refractivity contribution is 1.66. The zero-order chi connectivity index (χ0) is 14.3. The van der Waals surface area contributed by atoms with Gasteiger partial charge in [-0.05, 0) is 23.3 Å². The van der Waals surface area contributed by atoms with Crippen LogP contribution in [0.5, 0.6) is 0 Å². The largest absolute Gasteiger partial charge is 0.0984 e. The first-order valence-corrected chi connectivity index (χ1v) is 6.67. The van der Waals surface area contributed by atoms with Crippen molar-refractivity contribution in [3.05, 3.63) is 81.8 Å². The molecular weight excluding hydrogens is 299 g/mol. The van der Waals surface area contributed by atoms with E-state index in [0.29, 0.717) is 10.0 Å². The van der Waals surface area contributed by atoms with Crippen LogP contribution < -0.4 is 0 Å². The minimum Gasteiger partial charge on any atom is -0.0984 e. The lowest BCUT2D eigenvalue weighted by Gasteiger charge is -1.97. The molecule has 0 heterocycles. The molecule has 0 unspecified atom stereocenters. The minimum absolute atomic E-state index is 0.569. The number of hydrogen-bond acceptors (Lipinski definition) is 0. The molecule has 0 amide bonds. The molecule has 2 aromatic rings. The van der Waals surface area contributed by atoms with Gasteiger partial charge in [0.25, 0.3) is 0 Å². The van der Waals surface area contributed by atoms with Gasteiger partial charge in [-0.25, -0.2) is 0 Å². The van der Waals surface area contributed by atoms with E-state index in [9.17, 15) is 0 Å². The zero-order valence-electron chi connectivity index (χ0n) is 10.2. The summed E-state index contributed by atoms with van der Waals surface area (Å²) >= 11 is 17.3. The van der Waals surface area contributed by atoms with E-state index in [1.54, 1.807) is 18.2 Å². The molecule has 0 radical (unpaired) electrons. The Labute approximate surface area is 128 Å². The van der Waals surface area contributed by atoms with E-state index in [-0.39, 0.29) is 0 Å². The van der Waals surface area contributed by atoms with E-state index >= 15 is 0 Å². The van der Waals surface area contributed by atoms with Gasteiger partial charge in [-0.1, -0.05) is 90.4 Å². The summed E-state index contributed by atoms with van der Waals surface area (Å²) in [6.07, 6.45) is 3.41. The van der Waals surface area contributed by atoms with Crippen LogP contribution in [0.15, 0.2) is 55.6 Å². The number of halogens is 3. The van der Waals surface area contributed by atoms with E-state index in [1.807, 2.05) is 36.4 Å². The van der Waals surface area contributed by atoms with E-state index in [0.717, 1.165) is 16.1 Å². The smallest absolute Gasteiger partial charge is 0.0664 e. The number of rotatable bonds is 2. The highest BCUT2D eigenvalue weighted by Gasteiger charge is 1.98. The van der Waals surface area contributed by atoms with Gasteiger partial charge < -0.3 is 0 Å². The van der Waals surface area contributed by atoms with Crippen molar-refractivity contribution < 1.29 is 0 Å². The quantitative estimate of drug-likeness (QED) is 0.584. The Balaban J connectivity index is 0.000000191. The fourth-order valence-electron chi connectivity index (χ4n) is 1.32.